The predicted octanol–water partition coefficient (Wildman–Crippen LogP) is 3.23. The van der Waals surface area contributed by atoms with E-state index in [9.17, 15) is 4.79 Å². The second-order valence-corrected chi connectivity index (χ2v) is 4.17. The summed E-state index contributed by atoms with van der Waals surface area (Å²) in [6.07, 6.45) is 0. The second-order valence-electron chi connectivity index (χ2n) is 4.17. The van der Waals surface area contributed by atoms with Gasteiger partial charge in [-0.3, -0.25) is 0 Å². The van der Waals surface area contributed by atoms with E-state index in [4.69, 9.17) is 9.47 Å². The minimum Gasteiger partial charge on any atom is -0.490 e. The van der Waals surface area contributed by atoms with Gasteiger partial charge < -0.3 is 9.47 Å². The maximum absolute atomic E-state index is 11.6. The maximum atomic E-state index is 11.6. The molecule has 0 saturated carbocycles. The number of aryl methyl sites for hydroxylation is 1. The zero-order valence-corrected chi connectivity index (χ0v) is 10.8. The van der Waals surface area contributed by atoms with Gasteiger partial charge in [0.25, 0.3) is 0 Å². The van der Waals surface area contributed by atoms with E-state index >= 15 is 0 Å². The summed E-state index contributed by atoms with van der Waals surface area (Å²) in [6.45, 7) is 2.59. The molecule has 0 aromatic heterocycles. The molecule has 0 atom stereocenters. The molecule has 0 unspecified atom stereocenters. The fraction of sp³-hybridized carbons (Fsp3) is 0.188. The molecule has 0 aliphatic carbocycles. The molecule has 0 saturated heterocycles. The maximum Gasteiger partial charge on any atom is 0.338 e. The van der Waals surface area contributed by atoms with Crippen molar-refractivity contribution >= 4 is 5.97 Å². The molecule has 98 valence electrons. The van der Waals surface area contributed by atoms with Crippen LogP contribution in [0.25, 0.3) is 0 Å². The molecule has 0 fully saturated rings. The van der Waals surface area contributed by atoms with Crippen molar-refractivity contribution in [3.05, 3.63) is 65.7 Å². The molecule has 19 heavy (non-hydrogen) atoms. The number of esters is 1. The molecule has 0 aliphatic rings. The number of benzene rings is 2. The van der Waals surface area contributed by atoms with Gasteiger partial charge in [0.1, 0.15) is 19.0 Å². The first-order chi connectivity index (χ1) is 9.25. The summed E-state index contributed by atoms with van der Waals surface area (Å²) < 4.78 is 10.6. The van der Waals surface area contributed by atoms with Gasteiger partial charge in [0.2, 0.25) is 0 Å². The SMILES string of the molecule is Cc1cccc(OCCOC(=O)c2ccccc2)c1. The highest BCUT2D eigenvalue weighted by Crippen LogP contribution is 2.12. The Kier molecular flexibility index (Phi) is 4.56. The first kappa shape index (κ1) is 13.1. The largest absolute Gasteiger partial charge is 0.490 e. The minimum absolute atomic E-state index is 0.238. The Morgan fingerprint density at radius 1 is 1.00 bits per heavy atom. The Hall–Kier alpha value is -2.29. The van der Waals surface area contributed by atoms with Gasteiger partial charge in [-0.05, 0) is 36.8 Å². The molecule has 0 bridgehead atoms. The molecule has 3 nitrogen and oxygen atoms in total. The second kappa shape index (κ2) is 6.59. The van der Waals surface area contributed by atoms with E-state index < -0.39 is 0 Å². The van der Waals surface area contributed by atoms with Crippen LogP contribution in [0.15, 0.2) is 54.6 Å². The van der Waals surface area contributed by atoms with Gasteiger partial charge in [0.15, 0.2) is 0 Å². The normalized spacial score (nSPS) is 9.95. The number of carbonyl (C=O) groups excluding carboxylic acids is 1. The lowest BCUT2D eigenvalue weighted by atomic mass is 10.2. The highest BCUT2D eigenvalue weighted by Gasteiger charge is 2.05. The predicted molar refractivity (Wildman–Crippen MR) is 73.4 cm³/mol. The Bertz CT molecular complexity index is 535. The van der Waals surface area contributed by atoms with Crippen molar-refractivity contribution < 1.29 is 14.3 Å². The van der Waals surface area contributed by atoms with E-state index in [-0.39, 0.29) is 12.6 Å². The van der Waals surface area contributed by atoms with Gasteiger partial charge in [-0.1, -0.05) is 30.3 Å². The fourth-order valence-electron chi connectivity index (χ4n) is 1.66. The summed E-state index contributed by atoms with van der Waals surface area (Å²) in [6, 6.07) is 16.7. The number of hydrogen-bond donors (Lipinski definition) is 0. The third-order valence-corrected chi connectivity index (χ3v) is 2.58. The molecule has 0 aliphatic heterocycles. The van der Waals surface area contributed by atoms with E-state index in [1.165, 1.54) is 0 Å². The molecule has 2 rings (SSSR count). The van der Waals surface area contributed by atoms with Gasteiger partial charge in [-0.25, -0.2) is 4.79 Å². The van der Waals surface area contributed by atoms with Crippen LogP contribution in [-0.2, 0) is 4.74 Å². The molecule has 3 heteroatoms. The highest BCUT2D eigenvalue weighted by atomic mass is 16.6. The van der Waals surface area contributed by atoms with Crippen LogP contribution in [0.4, 0.5) is 0 Å². The first-order valence-corrected chi connectivity index (χ1v) is 6.17. The van der Waals surface area contributed by atoms with Crippen LogP contribution in [0.2, 0.25) is 0 Å². The summed E-state index contributed by atoms with van der Waals surface area (Å²) in [4.78, 5) is 11.6. The van der Waals surface area contributed by atoms with E-state index in [1.807, 2.05) is 37.3 Å². The van der Waals surface area contributed by atoms with Crippen molar-refractivity contribution in [2.24, 2.45) is 0 Å². The van der Waals surface area contributed by atoms with Gasteiger partial charge in [-0.15, -0.1) is 0 Å². The van der Waals surface area contributed by atoms with Crippen molar-refractivity contribution in [1.82, 2.24) is 0 Å². The fourth-order valence-corrected chi connectivity index (χ4v) is 1.66. The van der Waals surface area contributed by atoms with Crippen molar-refractivity contribution in [3.8, 4) is 5.75 Å². The average molecular weight is 256 g/mol. The third kappa shape index (κ3) is 4.14. The number of ether oxygens (including phenoxy) is 2. The lowest BCUT2D eigenvalue weighted by molar-refractivity contribution is 0.0450. The van der Waals surface area contributed by atoms with Crippen LogP contribution in [0, 0.1) is 6.92 Å². The van der Waals surface area contributed by atoms with Crippen molar-refractivity contribution in [2.45, 2.75) is 6.92 Å². The smallest absolute Gasteiger partial charge is 0.338 e. The number of hydrogen-bond acceptors (Lipinski definition) is 3. The first-order valence-electron chi connectivity index (χ1n) is 6.17. The molecular formula is C16H16O3. The number of carbonyl (C=O) groups is 1. The molecule has 0 heterocycles. The standard InChI is InChI=1S/C16H16O3/c1-13-6-5-9-15(12-13)18-10-11-19-16(17)14-7-3-2-4-8-14/h2-9,12H,10-11H2,1H3. The van der Waals surface area contributed by atoms with Gasteiger partial charge >= 0.3 is 5.97 Å². The highest BCUT2D eigenvalue weighted by molar-refractivity contribution is 5.89. The van der Waals surface area contributed by atoms with E-state index in [1.54, 1.807) is 24.3 Å². The van der Waals surface area contributed by atoms with Crippen molar-refractivity contribution in [2.75, 3.05) is 13.2 Å². The molecular weight excluding hydrogens is 240 g/mol. The Labute approximate surface area is 112 Å². The average Bonchev–Trinajstić information content (AvgIpc) is 2.44. The summed E-state index contributed by atoms with van der Waals surface area (Å²) in [5, 5.41) is 0. The van der Waals surface area contributed by atoms with E-state index in [2.05, 4.69) is 0 Å². The van der Waals surface area contributed by atoms with Crippen LogP contribution in [0.5, 0.6) is 5.75 Å². The topological polar surface area (TPSA) is 35.5 Å². The Morgan fingerprint density at radius 3 is 2.53 bits per heavy atom. The summed E-state index contributed by atoms with van der Waals surface area (Å²) in [7, 11) is 0. The van der Waals surface area contributed by atoms with Crippen LogP contribution in [0.1, 0.15) is 15.9 Å². The molecule has 2 aromatic carbocycles. The molecule has 2 aromatic rings. The van der Waals surface area contributed by atoms with E-state index in [0.717, 1.165) is 11.3 Å². The van der Waals surface area contributed by atoms with Gasteiger partial charge in [-0.2, -0.15) is 0 Å². The third-order valence-electron chi connectivity index (χ3n) is 2.58. The summed E-state index contributed by atoms with van der Waals surface area (Å²) in [5.74, 6) is 0.462. The van der Waals surface area contributed by atoms with Gasteiger partial charge in [0.05, 0.1) is 5.56 Å². The Morgan fingerprint density at radius 2 is 1.79 bits per heavy atom. The quantitative estimate of drug-likeness (QED) is 0.608. The zero-order valence-electron chi connectivity index (χ0n) is 10.8. The van der Waals surface area contributed by atoms with Crippen molar-refractivity contribution in [1.29, 1.82) is 0 Å². The molecule has 0 amide bonds. The summed E-state index contributed by atoms with van der Waals surface area (Å²) in [5.41, 5.74) is 1.69. The van der Waals surface area contributed by atoms with Gasteiger partial charge in [0, 0.05) is 0 Å². The Balaban J connectivity index is 1.74. The van der Waals surface area contributed by atoms with Crippen LogP contribution in [0.3, 0.4) is 0 Å². The monoisotopic (exact) mass is 256 g/mol. The minimum atomic E-state index is -0.326. The lowest BCUT2D eigenvalue weighted by Gasteiger charge is -2.07. The zero-order chi connectivity index (χ0) is 13.5. The van der Waals surface area contributed by atoms with E-state index in [0.29, 0.717) is 12.2 Å². The van der Waals surface area contributed by atoms with Crippen molar-refractivity contribution in [3.63, 3.8) is 0 Å². The lowest BCUT2D eigenvalue weighted by Crippen LogP contribution is -2.12. The van der Waals surface area contributed by atoms with Crippen LogP contribution >= 0.6 is 0 Å². The molecule has 0 N–H and O–H groups in total. The summed E-state index contributed by atoms with van der Waals surface area (Å²) >= 11 is 0. The molecule has 0 spiro atoms. The number of rotatable bonds is 5. The van der Waals surface area contributed by atoms with Crippen LogP contribution in [-0.4, -0.2) is 19.2 Å². The van der Waals surface area contributed by atoms with Crippen LogP contribution < -0.4 is 4.74 Å². The molecule has 0 radical (unpaired) electrons.